The number of amides is 4. The summed E-state index contributed by atoms with van der Waals surface area (Å²) in [5.41, 5.74) is 37.4. The van der Waals surface area contributed by atoms with Gasteiger partial charge in [0.15, 0.2) is 11.3 Å². The number of aromatic nitrogens is 1. The van der Waals surface area contributed by atoms with Crippen molar-refractivity contribution in [3.05, 3.63) is 288 Å². The maximum absolute atomic E-state index is 13.9. The minimum Gasteiger partial charge on any atom is -0.519 e. The van der Waals surface area contributed by atoms with Gasteiger partial charge in [0.05, 0.1) is 12.2 Å². The van der Waals surface area contributed by atoms with Crippen molar-refractivity contribution in [2.75, 3.05) is 59.0 Å². The lowest BCUT2D eigenvalue weighted by Crippen LogP contribution is -2.46. The van der Waals surface area contributed by atoms with Gasteiger partial charge in [-0.25, -0.2) is 9.59 Å². The number of carbonyl (C=O) groups excluding carboxylic acids is 4. The van der Waals surface area contributed by atoms with E-state index in [1.807, 2.05) is 124 Å². The topological polar surface area (TPSA) is 308 Å². The molecule has 580 valence electrons. The Morgan fingerprint density at radius 2 is 0.983 bits per heavy atom. The van der Waals surface area contributed by atoms with Crippen LogP contribution in [0.5, 0.6) is 28.7 Å². The second kappa shape index (κ2) is 31.3. The molecule has 4 fully saturated rings. The SMILES string of the molecule is NCc1cccc(C2CCN(C(=O)c3cc4cc5c(cc4oc3=O)OB(c3cccc4[nH]c(C(=O)N6CCC7(CC6)COc6ccc(CN)cc67)cc34)O5)CC2)c1.NCc1cccc(C2CCN(C(=O)c3cccc(-c4cccc(B5Oc6ccc7c(C(=O)N8CCC(c9cccc(CN)c9)CC8)cc(=O)oc7c6O5)c4)c3)CC2)c1. The summed E-state index contributed by atoms with van der Waals surface area (Å²) >= 11 is 0. The number of hydrogen-bond acceptors (Lipinski definition) is 17. The van der Waals surface area contributed by atoms with E-state index in [0.717, 1.165) is 112 Å². The van der Waals surface area contributed by atoms with Crippen LogP contribution in [0, 0.1) is 0 Å². The molecule has 7 aliphatic heterocycles. The molecule has 24 heteroatoms. The molecule has 0 atom stereocenters. The number of nitrogens with two attached hydrogens (primary N) is 4. The van der Waals surface area contributed by atoms with E-state index in [9.17, 15) is 28.8 Å². The highest BCUT2D eigenvalue weighted by molar-refractivity contribution is 6.66. The number of ether oxygens (including phenoxy) is 1. The first-order valence-electron chi connectivity index (χ1n) is 39.9. The first-order valence-corrected chi connectivity index (χ1v) is 39.9. The van der Waals surface area contributed by atoms with Crippen LogP contribution in [0.2, 0.25) is 0 Å². The van der Waals surface area contributed by atoms with Crippen LogP contribution in [0.25, 0.3) is 44.0 Å². The van der Waals surface area contributed by atoms with Gasteiger partial charge < -0.3 is 79.7 Å². The van der Waals surface area contributed by atoms with Crippen molar-refractivity contribution < 1.29 is 51.4 Å². The molecule has 4 saturated heterocycles. The Morgan fingerprint density at radius 3 is 1.61 bits per heavy atom. The Hall–Kier alpha value is -12.2. The molecule has 19 rings (SSSR count). The van der Waals surface area contributed by atoms with Crippen LogP contribution in [0.15, 0.2) is 219 Å². The summed E-state index contributed by atoms with van der Waals surface area (Å²) in [5.74, 6) is 2.96. The molecular weight excluding hydrogens is 1450 g/mol. The number of piperidine rings is 4. The second-order valence-electron chi connectivity index (χ2n) is 31.3. The lowest BCUT2D eigenvalue weighted by molar-refractivity contribution is 0.0640. The van der Waals surface area contributed by atoms with E-state index in [0.29, 0.717) is 148 Å². The predicted molar refractivity (Wildman–Crippen MR) is 442 cm³/mol. The van der Waals surface area contributed by atoms with E-state index in [-0.39, 0.29) is 51.5 Å². The Kier molecular flexibility index (Phi) is 20.2. The number of fused-ring (bicyclic) bond motifs is 8. The summed E-state index contributed by atoms with van der Waals surface area (Å²) in [6.45, 7) is 7.42. The van der Waals surface area contributed by atoms with Crippen molar-refractivity contribution in [3.63, 3.8) is 0 Å². The van der Waals surface area contributed by atoms with Crippen LogP contribution in [-0.2, 0) is 31.6 Å². The van der Waals surface area contributed by atoms with Crippen molar-refractivity contribution in [2.24, 2.45) is 22.9 Å². The number of hydrogen-bond donors (Lipinski definition) is 5. The normalized spacial score (nSPS) is 16.7. The Morgan fingerprint density at radius 1 is 0.443 bits per heavy atom. The summed E-state index contributed by atoms with van der Waals surface area (Å²) in [4.78, 5) is 92.0. The molecule has 9 aromatic carbocycles. The van der Waals surface area contributed by atoms with Crippen molar-refractivity contribution in [3.8, 4) is 39.9 Å². The predicted octanol–water partition coefficient (Wildman–Crippen LogP) is 11.5. The van der Waals surface area contributed by atoms with Gasteiger partial charge in [-0.1, -0.05) is 133 Å². The molecule has 1 spiro atoms. The maximum atomic E-state index is 13.9. The van der Waals surface area contributed by atoms with Gasteiger partial charge in [-0.05, 0) is 174 Å². The third kappa shape index (κ3) is 14.6. The van der Waals surface area contributed by atoms with Gasteiger partial charge in [0, 0.05) is 140 Å². The number of nitrogens with zero attached hydrogens (tertiary/aromatic N) is 4. The van der Waals surface area contributed by atoms with E-state index in [1.54, 1.807) is 35.2 Å². The molecule has 115 heavy (non-hydrogen) atoms. The summed E-state index contributed by atoms with van der Waals surface area (Å²) in [6, 6.07) is 64.1. The van der Waals surface area contributed by atoms with E-state index in [2.05, 4.69) is 59.6 Å². The second-order valence-corrected chi connectivity index (χ2v) is 31.3. The van der Waals surface area contributed by atoms with Crippen LogP contribution >= 0.6 is 0 Å². The first-order chi connectivity index (χ1) is 56.1. The molecule has 4 amide bonds. The molecular formula is C91H87B2N9O13. The van der Waals surface area contributed by atoms with Crippen LogP contribution in [0.3, 0.4) is 0 Å². The molecule has 9 N–H and O–H groups in total. The minimum atomic E-state index is -0.821. The molecule has 12 aromatic rings. The number of nitrogens with one attached hydrogen (secondary N) is 1. The summed E-state index contributed by atoms with van der Waals surface area (Å²) < 4.78 is 42.7. The number of likely N-dealkylation sites (tertiary alicyclic amines) is 4. The molecule has 7 aliphatic rings. The lowest BCUT2D eigenvalue weighted by atomic mass is 9.74. The van der Waals surface area contributed by atoms with Gasteiger partial charge in [-0.2, -0.15) is 0 Å². The average molecular weight is 1540 g/mol. The van der Waals surface area contributed by atoms with Gasteiger partial charge in [0.25, 0.3) is 23.6 Å². The molecule has 0 bridgehead atoms. The van der Waals surface area contributed by atoms with E-state index in [4.69, 9.17) is 55.1 Å². The van der Waals surface area contributed by atoms with E-state index >= 15 is 0 Å². The maximum Gasteiger partial charge on any atom is 0.633 e. The third-order valence-corrected chi connectivity index (χ3v) is 24.5. The molecule has 0 saturated carbocycles. The molecule has 3 aromatic heterocycles. The fraction of sp³-hybridized carbons (Fsp3) is 0.275. The third-order valence-electron chi connectivity index (χ3n) is 24.5. The number of carbonyl (C=O) groups is 4. The van der Waals surface area contributed by atoms with Crippen molar-refractivity contribution in [2.45, 2.75) is 101 Å². The highest BCUT2D eigenvalue weighted by atomic mass is 16.6. The van der Waals surface area contributed by atoms with Crippen LogP contribution < -0.4 is 68.5 Å². The smallest absolute Gasteiger partial charge is 0.519 e. The lowest BCUT2D eigenvalue weighted by Gasteiger charge is -2.38. The van der Waals surface area contributed by atoms with Gasteiger partial charge in [0.2, 0.25) is 0 Å². The van der Waals surface area contributed by atoms with Gasteiger partial charge >= 0.3 is 25.5 Å². The summed E-state index contributed by atoms with van der Waals surface area (Å²) in [6.07, 6.45) is 6.66. The number of benzene rings is 9. The van der Waals surface area contributed by atoms with Crippen molar-refractivity contribution in [1.29, 1.82) is 0 Å². The summed E-state index contributed by atoms with van der Waals surface area (Å²) in [7, 11) is -1.63. The number of rotatable bonds is 14. The minimum absolute atomic E-state index is 0.0122. The zero-order valence-corrected chi connectivity index (χ0v) is 63.7. The largest absolute Gasteiger partial charge is 0.633 e. The fourth-order valence-corrected chi connectivity index (χ4v) is 17.9. The molecule has 22 nitrogen and oxygen atoms in total. The van der Waals surface area contributed by atoms with Crippen LogP contribution in [0.1, 0.15) is 155 Å². The van der Waals surface area contributed by atoms with Crippen LogP contribution in [-0.4, -0.2) is 121 Å². The zero-order chi connectivity index (χ0) is 78.6. The summed E-state index contributed by atoms with van der Waals surface area (Å²) in [5, 5.41) is 1.85. The molecule has 0 aliphatic carbocycles. The standard InChI is InChI=1S/C47H45BN4O6.C44H42BN5O7/c49-28-30-5-1-7-34(23-30)32-15-19-51(20-16-32)46(54)38-11-3-9-36(25-38)37-10-4-12-39(26-37)48-57-42-14-13-40-41(27-43(53)56-44(40)45(42)58-48)47(55)52-21-17-33(18-22-52)35-8-2-6-31(24-35)29-50;46-23-26-3-1-4-29(17-26)28-9-13-49(14-10-28)41(51)32-19-30-20-39-40(22-38(30)55-43(32)53)57-45(56-39)34-5-2-6-35-31(34)21-36(48-35)42(52)50-15-11-44(12-16-50)25-54-37-8-7-27(24-47)18-33(37)44/h1-14,23-27,32-33H,15-22,28-29,49-50H2;1-8,17-22,28,48H,9-16,23-25,46-47H2. The average Bonchev–Trinajstić information content (AvgIpc) is 1.66. The number of H-pyrrole nitrogens is 1. The number of aromatic amines is 1. The monoisotopic (exact) mass is 1540 g/mol. The Labute approximate surface area is 664 Å². The van der Waals surface area contributed by atoms with Gasteiger partial charge in [-0.15, -0.1) is 0 Å². The zero-order valence-electron chi connectivity index (χ0n) is 63.7. The molecule has 0 radical (unpaired) electrons. The van der Waals surface area contributed by atoms with Crippen molar-refractivity contribution >= 4 is 81.6 Å². The highest BCUT2D eigenvalue weighted by Crippen LogP contribution is 2.47. The molecule has 0 unspecified atom stereocenters. The Bertz CT molecular complexity index is 5930. The Balaban J connectivity index is 0.000000159. The quantitative estimate of drug-likeness (QED) is 0.0499. The molecule has 10 heterocycles. The van der Waals surface area contributed by atoms with Gasteiger partial charge in [0.1, 0.15) is 39.8 Å². The fourth-order valence-electron chi connectivity index (χ4n) is 17.9. The first kappa shape index (κ1) is 74.2. The van der Waals surface area contributed by atoms with Crippen LogP contribution in [0.4, 0.5) is 0 Å². The van der Waals surface area contributed by atoms with E-state index < -0.39 is 25.5 Å². The van der Waals surface area contributed by atoms with Crippen molar-refractivity contribution in [1.82, 2.24) is 24.6 Å². The van der Waals surface area contributed by atoms with E-state index in [1.165, 1.54) is 28.3 Å². The van der Waals surface area contributed by atoms with Gasteiger partial charge in [-0.3, -0.25) is 19.2 Å². The highest BCUT2D eigenvalue weighted by Gasteiger charge is 2.45.